The molecule has 0 fully saturated rings. The second kappa shape index (κ2) is 6.96. The fourth-order valence-corrected chi connectivity index (χ4v) is 3.25. The summed E-state index contributed by atoms with van der Waals surface area (Å²) in [5.41, 5.74) is 1.19. The molecule has 1 aromatic heterocycles. The summed E-state index contributed by atoms with van der Waals surface area (Å²) in [5.74, 6) is 1.53. The average molecular weight is 305 g/mol. The van der Waals surface area contributed by atoms with Crippen LogP contribution in [0.3, 0.4) is 0 Å². The molecule has 1 aromatic carbocycles. The van der Waals surface area contributed by atoms with Crippen LogP contribution in [-0.4, -0.2) is 14.2 Å². The predicted molar refractivity (Wildman–Crippen MR) is 88.6 cm³/mol. The van der Waals surface area contributed by atoms with Crippen molar-refractivity contribution in [3.8, 4) is 11.5 Å². The molecule has 2 unspecified atom stereocenters. The SMILES string of the molecule is COc1ccc(C(C)NC(C)c2ccc(C)s2)cc1OC. The number of nitrogens with one attached hydrogen (secondary N) is 1. The van der Waals surface area contributed by atoms with Crippen LogP contribution in [0.2, 0.25) is 0 Å². The summed E-state index contributed by atoms with van der Waals surface area (Å²) in [5, 5.41) is 3.63. The molecular weight excluding hydrogens is 282 g/mol. The highest BCUT2D eigenvalue weighted by molar-refractivity contribution is 7.12. The van der Waals surface area contributed by atoms with E-state index >= 15 is 0 Å². The van der Waals surface area contributed by atoms with Gasteiger partial charge in [0.25, 0.3) is 0 Å². The first-order chi connectivity index (χ1) is 10.0. The Kier molecular flexibility index (Phi) is 5.26. The molecular formula is C17H23NO2S. The number of thiophene rings is 1. The Morgan fingerprint density at radius 3 is 2.24 bits per heavy atom. The highest BCUT2D eigenvalue weighted by Gasteiger charge is 2.14. The van der Waals surface area contributed by atoms with Gasteiger partial charge >= 0.3 is 0 Å². The number of ether oxygens (including phenoxy) is 2. The van der Waals surface area contributed by atoms with Gasteiger partial charge in [-0.15, -0.1) is 11.3 Å². The van der Waals surface area contributed by atoms with Crippen molar-refractivity contribution in [2.45, 2.75) is 32.9 Å². The molecule has 0 spiro atoms. The van der Waals surface area contributed by atoms with Crippen molar-refractivity contribution in [1.82, 2.24) is 5.32 Å². The molecule has 3 nitrogen and oxygen atoms in total. The first kappa shape index (κ1) is 15.9. The Morgan fingerprint density at radius 2 is 1.67 bits per heavy atom. The number of aryl methyl sites for hydroxylation is 1. The second-order valence-corrected chi connectivity index (χ2v) is 6.49. The van der Waals surface area contributed by atoms with Crippen LogP contribution in [-0.2, 0) is 0 Å². The quantitative estimate of drug-likeness (QED) is 0.853. The van der Waals surface area contributed by atoms with Crippen LogP contribution in [0.4, 0.5) is 0 Å². The Hall–Kier alpha value is -1.52. The molecule has 2 aromatic rings. The molecule has 0 aliphatic carbocycles. The molecule has 0 amide bonds. The van der Waals surface area contributed by atoms with Crippen LogP contribution in [0.25, 0.3) is 0 Å². The Bertz CT molecular complexity index is 594. The van der Waals surface area contributed by atoms with Crippen molar-refractivity contribution in [2.75, 3.05) is 14.2 Å². The van der Waals surface area contributed by atoms with Crippen molar-refractivity contribution < 1.29 is 9.47 Å². The summed E-state index contributed by atoms with van der Waals surface area (Å²) in [4.78, 5) is 2.71. The second-order valence-electron chi connectivity index (χ2n) is 5.17. The summed E-state index contributed by atoms with van der Waals surface area (Å²) >= 11 is 1.84. The molecule has 0 radical (unpaired) electrons. The minimum absolute atomic E-state index is 0.238. The Balaban J connectivity index is 2.11. The highest BCUT2D eigenvalue weighted by atomic mass is 32.1. The minimum atomic E-state index is 0.238. The first-order valence-corrected chi connectivity index (χ1v) is 7.91. The van der Waals surface area contributed by atoms with E-state index in [2.05, 4.69) is 44.3 Å². The van der Waals surface area contributed by atoms with Crippen LogP contribution in [0.1, 0.15) is 41.2 Å². The van der Waals surface area contributed by atoms with E-state index in [0.29, 0.717) is 6.04 Å². The van der Waals surface area contributed by atoms with Gasteiger partial charge in [0.15, 0.2) is 11.5 Å². The van der Waals surface area contributed by atoms with Gasteiger partial charge in [0, 0.05) is 21.8 Å². The normalized spacial score (nSPS) is 13.8. The Labute approximate surface area is 130 Å². The third-order valence-corrected chi connectivity index (χ3v) is 4.78. The molecule has 2 rings (SSSR count). The van der Waals surface area contributed by atoms with Crippen LogP contribution >= 0.6 is 11.3 Å². The van der Waals surface area contributed by atoms with E-state index in [-0.39, 0.29) is 6.04 Å². The maximum Gasteiger partial charge on any atom is 0.161 e. The topological polar surface area (TPSA) is 30.5 Å². The fraction of sp³-hybridized carbons (Fsp3) is 0.412. The van der Waals surface area contributed by atoms with Gasteiger partial charge in [-0.2, -0.15) is 0 Å². The lowest BCUT2D eigenvalue weighted by atomic mass is 10.1. The summed E-state index contributed by atoms with van der Waals surface area (Å²) in [6, 6.07) is 11.0. The zero-order valence-corrected chi connectivity index (χ0v) is 14.1. The number of hydrogen-bond donors (Lipinski definition) is 1. The zero-order valence-electron chi connectivity index (χ0n) is 13.3. The standard InChI is InChI=1S/C17H23NO2S/c1-11-6-9-17(21-11)13(3)18-12(2)14-7-8-15(19-4)16(10-14)20-5/h6-10,12-13,18H,1-5H3. The van der Waals surface area contributed by atoms with E-state index in [9.17, 15) is 0 Å². The van der Waals surface area contributed by atoms with Crippen molar-refractivity contribution in [3.05, 3.63) is 45.6 Å². The maximum absolute atomic E-state index is 5.37. The number of methoxy groups -OCH3 is 2. The van der Waals surface area contributed by atoms with E-state index in [1.54, 1.807) is 14.2 Å². The monoisotopic (exact) mass is 305 g/mol. The molecule has 114 valence electrons. The van der Waals surface area contributed by atoms with Crippen LogP contribution < -0.4 is 14.8 Å². The van der Waals surface area contributed by atoms with Gasteiger partial charge in [-0.3, -0.25) is 0 Å². The molecule has 21 heavy (non-hydrogen) atoms. The van der Waals surface area contributed by atoms with Crippen molar-refractivity contribution in [2.24, 2.45) is 0 Å². The largest absolute Gasteiger partial charge is 0.493 e. The van der Waals surface area contributed by atoms with E-state index in [4.69, 9.17) is 9.47 Å². The zero-order chi connectivity index (χ0) is 15.4. The van der Waals surface area contributed by atoms with Gasteiger partial charge in [-0.05, 0) is 50.6 Å². The third kappa shape index (κ3) is 3.77. The van der Waals surface area contributed by atoms with E-state index in [1.807, 2.05) is 23.5 Å². The maximum atomic E-state index is 5.37. The molecule has 2 atom stereocenters. The molecule has 0 saturated heterocycles. The summed E-state index contributed by atoms with van der Waals surface area (Å²) in [6.45, 7) is 6.50. The summed E-state index contributed by atoms with van der Waals surface area (Å²) in [6.07, 6.45) is 0. The van der Waals surface area contributed by atoms with E-state index in [1.165, 1.54) is 15.3 Å². The molecule has 4 heteroatoms. The van der Waals surface area contributed by atoms with Crippen molar-refractivity contribution in [3.63, 3.8) is 0 Å². The van der Waals surface area contributed by atoms with E-state index < -0.39 is 0 Å². The van der Waals surface area contributed by atoms with Gasteiger partial charge in [-0.1, -0.05) is 6.07 Å². The van der Waals surface area contributed by atoms with Crippen molar-refractivity contribution >= 4 is 11.3 Å². The van der Waals surface area contributed by atoms with Crippen LogP contribution in [0.5, 0.6) is 11.5 Å². The molecule has 0 saturated carbocycles. The third-order valence-electron chi connectivity index (χ3n) is 3.60. The number of benzene rings is 1. The van der Waals surface area contributed by atoms with Gasteiger partial charge in [0.2, 0.25) is 0 Å². The van der Waals surface area contributed by atoms with Gasteiger partial charge < -0.3 is 14.8 Å². The lowest BCUT2D eigenvalue weighted by Crippen LogP contribution is -2.21. The first-order valence-electron chi connectivity index (χ1n) is 7.09. The summed E-state index contributed by atoms with van der Waals surface area (Å²) < 4.78 is 10.6. The fourth-order valence-electron chi connectivity index (χ4n) is 2.36. The molecule has 1 heterocycles. The average Bonchev–Trinajstić information content (AvgIpc) is 2.93. The van der Waals surface area contributed by atoms with Crippen LogP contribution in [0, 0.1) is 6.92 Å². The number of hydrogen-bond acceptors (Lipinski definition) is 4. The lowest BCUT2D eigenvalue weighted by Gasteiger charge is -2.20. The minimum Gasteiger partial charge on any atom is -0.493 e. The number of rotatable bonds is 6. The van der Waals surface area contributed by atoms with Crippen molar-refractivity contribution in [1.29, 1.82) is 0 Å². The van der Waals surface area contributed by atoms with E-state index in [0.717, 1.165) is 11.5 Å². The highest BCUT2D eigenvalue weighted by Crippen LogP contribution is 2.31. The predicted octanol–water partition coefficient (Wildman–Crippen LogP) is 4.49. The molecule has 1 N–H and O–H groups in total. The Morgan fingerprint density at radius 1 is 0.952 bits per heavy atom. The molecule has 0 aliphatic rings. The van der Waals surface area contributed by atoms with Crippen LogP contribution in [0.15, 0.2) is 30.3 Å². The smallest absolute Gasteiger partial charge is 0.161 e. The summed E-state index contributed by atoms with van der Waals surface area (Å²) in [7, 11) is 3.32. The van der Waals surface area contributed by atoms with Gasteiger partial charge in [0.05, 0.1) is 14.2 Å². The molecule has 0 bridgehead atoms. The van der Waals surface area contributed by atoms with Gasteiger partial charge in [0.1, 0.15) is 0 Å². The lowest BCUT2D eigenvalue weighted by molar-refractivity contribution is 0.353. The molecule has 0 aliphatic heterocycles. The van der Waals surface area contributed by atoms with Gasteiger partial charge in [-0.25, -0.2) is 0 Å².